The topological polar surface area (TPSA) is 68.3 Å². The summed E-state index contributed by atoms with van der Waals surface area (Å²) in [4.78, 5) is 2.41. The molecule has 1 fully saturated rings. The Kier molecular flexibility index (Phi) is 5.25. The lowest BCUT2D eigenvalue weighted by Crippen LogP contribution is -2.45. The second-order valence-corrected chi connectivity index (χ2v) is 5.35. The average Bonchev–Trinajstić information content (AvgIpc) is 2.72. The lowest BCUT2D eigenvalue weighted by Gasteiger charge is -2.32. The number of nitrogens with one attached hydrogen (secondary N) is 1. The molecule has 1 aliphatic rings. The van der Waals surface area contributed by atoms with Crippen molar-refractivity contribution < 1.29 is 4.74 Å². The maximum absolute atomic E-state index is 6.16. The molecule has 0 saturated carbocycles. The summed E-state index contributed by atoms with van der Waals surface area (Å²) in [6.07, 6.45) is 2.19. The zero-order valence-electron chi connectivity index (χ0n) is 12.9. The van der Waals surface area contributed by atoms with Crippen LogP contribution >= 0.6 is 0 Å². The van der Waals surface area contributed by atoms with Gasteiger partial charge in [0.05, 0.1) is 24.1 Å². The van der Waals surface area contributed by atoms with Crippen LogP contribution in [0.5, 0.6) is 0 Å². The highest BCUT2D eigenvalue weighted by Gasteiger charge is 2.20. The smallest absolute Gasteiger partial charge is 0.147 e. The number of hydrogen-bond acceptors (Lipinski definition) is 5. The largest absolute Gasteiger partial charge is 0.394 e. The van der Waals surface area contributed by atoms with Crippen LogP contribution in [-0.4, -0.2) is 53.6 Å². The van der Waals surface area contributed by atoms with Crippen molar-refractivity contribution in [3.05, 3.63) is 5.69 Å². The van der Waals surface area contributed by atoms with Gasteiger partial charge in [-0.05, 0) is 13.0 Å². The van der Waals surface area contributed by atoms with Gasteiger partial charge in [-0.3, -0.25) is 9.58 Å². The molecule has 0 spiro atoms. The van der Waals surface area contributed by atoms with Crippen LogP contribution in [0.15, 0.2) is 0 Å². The first-order valence-corrected chi connectivity index (χ1v) is 7.54. The Morgan fingerprint density at radius 2 is 2.25 bits per heavy atom. The Morgan fingerprint density at radius 3 is 2.95 bits per heavy atom. The summed E-state index contributed by atoms with van der Waals surface area (Å²) in [6.45, 7) is 8.98. The molecule has 0 bridgehead atoms. The lowest BCUT2D eigenvalue weighted by molar-refractivity contribution is -0.0192. The summed E-state index contributed by atoms with van der Waals surface area (Å²) in [6, 6.07) is 0. The molecule has 3 N–H and O–H groups in total. The zero-order chi connectivity index (χ0) is 14.5. The summed E-state index contributed by atoms with van der Waals surface area (Å²) in [5.41, 5.74) is 7.92. The molecule has 1 unspecified atom stereocenters. The number of likely N-dealkylation sites (N-methyl/N-ethyl adjacent to an activating group) is 1. The minimum Gasteiger partial charge on any atom is -0.394 e. The summed E-state index contributed by atoms with van der Waals surface area (Å²) in [7, 11) is 1.93. The second-order valence-electron chi connectivity index (χ2n) is 5.35. The molecule has 6 heteroatoms. The van der Waals surface area contributed by atoms with E-state index in [4.69, 9.17) is 10.5 Å². The van der Waals surface area contributed by atoms with Crippen molar-refractivity contribution in [2.75, 3.05) is 43.8 Å². The number of nitrogens with two attached hydrogens (primary N) is 1. The van der Waals surface area contributed by atoms with Crippen LogP contribution in [0.25, 0.3) is 0 Å². The van der Waals surface area contributed by atoms with Gasteiger partial charge in [0, 0.05) is 26.7 Å². The molecule has 1 aromatic heterocycles. The van der Waals surface area contributed by atoms with Crippen LogP contribution in [0.2, 0.25) is 0 Å². The predicted molar refractivity (Wildman–Crippen MR) is 82.0 cm³/mol. The van der Waals surface area contributed by atoms with E-state index in [0.29, 0.717) is 0 Å². The van der Waals surface area contributed by atoms with Gasteiger partial charge in [0.2, 0.25) is 0 Å². The van der Waals surface area contributed by atoms with Gasteiger partial charge in [-0.25, -0.2) is 0 Å². The fraction of sp³-hybridized carbons (Fsp3) is 0.786. The van der Waals surface area contributed by atoms with Gasteiger partial charge in [-0.1, -0.05) is 20.3 Å². The van der Waals surface area contributed by atoms with Crippen molar-refractivity contribution in [2.45, 2.75) is 32.8 Å². The Bertz CT molecular complexity index is 431. The van der Waals surface area contributed by atoms with E-state index in [2.05, 4.69) is 29.2 Å². The monoisotopic (exact) mass is 281 g/mol. The van der Waals surface area contributed by atoms with Gasteiger partial charge in [0.25, 0.3) is 0 Å². The van der Waals surface area contributed by atoms with Gasteiger partial charge in [0.1, 0.15) is 5.82 Å². The second kappa shape index (κ2) is 6.95. The van der Waals surface area contributed by atoms with Crippen LogP contribution in [0, 0.1) is 0 Å². The normalized spacial score (nSPS) is 20.2. The van der Waals surface area contributed by atoms with Gasteiger partial charge < -0.3 is 15.8 Å². The quantitative estimate of drug-likeness (QED) is 0.817. The number of nitrogens with zero attached hydrogens (tertiary/aromatic N) is 3. The van der Waals surface area contributed by atoms with Crippen molar-refractivity contribution in [3.8, 4) is 0 Å². The number of ether oxygens (including phenoxy) is 1. The third kappa shape index (κ3) is 3.43. The molecule has 1 atom stereocenters. The molecule has 0 amide bonds. The number of hydrogen-bond donors (Lipinski definition) is 2. The third-order valence-electron chi connectivity index (χ3n) is 3.81. The zero-order valence-corrected chi connectivity index (χ0v) is 12.9. The molecular formula is C14H27N5O. The van der Waals surface area contributed by atoms with Crippen LogP contribution in [0.4, 0.5) is 11.5 Å². The van der Waals surface area contributed by atoms with Crippen LogP contribution in [0.3, 0.4) is 0 Å². The Labute approximate surface area is 121 Å². The Morgan fingerprint density at radius 1 is 1.45 bits per heavy atom. The molecule has 6 nitrogen and oxygen atoms in total. The van der Waals surface area contributed by atoms with E-state index in [1.165, 1.54) is 0 Å². The lowest BCUT2D eigenvalue weighted by atomic mass is 10.2. The molecule has 0 aromatic carbocycles. The molecule has 2 heterocycles. The van der Waals surface area contributed by atoms with Crippen LogP contribution in [0.1, 0.15) is 26.0 Å². The Balaban J connectivity index is 1.93. The summed E-state index contributed by atoms with van der Waals surface area (Å²) >= 11 is 0. The molecular weight excluding hydrogens is 254 g/mol. The number of nitrogen functional groups attached to an aromatic ring is 1. The molecule has 20 heavy (non-hydrogen) atoms. The molecule has 0 radical (unpaired) electrons. The van der Waals surface area contributed by atoms with Crippen LogP contribution < -0.4 is 11.1 Å². The molecule has 2 rings (SSSR count). The molecule has 1 aliphatic heterocycles. The molecule has 1 aromatic rings. The van der Waals surface area contributed by atoms with Gasteiger partial charge in [-0.2, -0.15) is 5.10 Å². The van der Waals surface area contributed by atoms with E-state index in [1.807, 2.05) is 11.7 Å². The Hall–Kier alpha value is -1.27. The van der Waals surface area contributed by atoms with E-state index in [1.54, 1.807) is 0 Å². The molecule has 1 saturated heterocycles. The minimum atomic E-state index is 0.215. The van der Waals surface area contributed by atoms with Crippen molar-refractivity contribution >= 4 is 11.5 Å². The van der Waals surface area contributed by atoms with E-state index in [9.17, 15) is 0 Å². The summed E-state index contributed by atoms with van der Waals surface area (Å²) in [5, 5.41) is 7.87. The fourth-order valence-electron chi connectivity index (χ4n) is 2.63. The number of aryl methyl sites for hydroxylation is 2. The standard InChI is InChI=1S/C14H27N5O/c1-4-6-12-13(15)14(18(3)17-12)16-9-11-10-19(5-2)7-8-20-11/h11,16H,4-10,15H2,1-3H3. The fourth-order valence-corrected chi connectivity index (χ4v) is 2.63. The van der Waals surface area contributed by atoms with Crippen LogP contribution in [-0.2, 0) is 18.2 Å². The van der Waals surface area contributed by atoms with Gasteiger partial charge in [0.15, 0.2) is 0 Å². The van der Waals surface area contributed by atoms with E-state index < -0.39 is 0 Å². The van der Waals surface area contributed by atoms with E-state index in [0.717, 1.165) is 62.8 Å². The first kappa shape index (κ1) is 15.1. The summed E-state index contributed by atoms with van der Waals surface area (Å²) < 4.78 is 7.63. The van der Waals surface area contributed by atoms with E-state index in [-0.39, 0.29) is 6.10 Å². The maximum atomic E-state index is 6.16. The van der Waals surface area contributed by atoms with Crippen molar-refractivity contribution in [2.24, 2.45) is 7.05 Å². The minimum absolute atomic E-state index is 0.215. The number of anilines is 2. The first-order chi connectivity index (χ1) is 9.65. The summed E-state index contributed by atoms with van der Waals surface area (Å²) in [5.74, 6) is 0.908. The van der Waals surface area contributed by atoms with Crippen molar-refractivity contribution in [1.82, 2.24) is 14.7 Å². The highest BCUT2D eigenvalue weighted by molar-refractivity contribution is 5.65. The number of aromatic nitrogens is 2. The van der Waals surface area contributed by atoms with Gasteiger partial charge >= 0.3 is 0 Å². The highest BCUT2D eigenvalue weighted by Crippen LogP contribution is 2.23. The highest BCUT2D eigenvalue weighted by atomic mass is 16.5. The third-order valence-corrected chi connectivity index (χ3v) is 3.81. The van der Waals surface area contributed by atoms with Gasteiger partial charge in [-0.15, -0.1) is 0 Å². The SMILES string of the molecule is CCCc1nn(C)c(NCC2CN(CC)CCO2)c1N. The van der Waals surface area contributed by atoms with E-state index >= 15 is 0 Å². The molecule has 114 valence electrons. The van der Waals surface area contributed by atoms with Crippen molar-refractivity contribution in [3.63, 3.8) is 0 Å². The number of rotatable bonds is 6. The average molecular weight is 281 g/mol. The first-order valence-electron chi connectivity index (χ1n) is 7.54. The van der Waals surface area contributed by atoms with Crippen molar-refractivity contribution in [1.29, 1.82) is 0 Å². The molecule has 0 aliphatic carbocycles. The maximum Gasteiger partial charge on any atom is 0.147 e. The predicted octanol–water partition coefficient (Wildman–Crippen LogP) is 1.09. The number of morpholine rings is 1.